The van der Waals surface area contributed by atoms with Crippen molar-refractivity contribution in [2.45, 2.75) is 0 Å². The number of rotatable bonds is 3. The maximum atomic E-state index is 13.8. The average molecular weight is 498 g/mol. The third kappa shape index (κ3) is 2.84. The van der Waals surface area contributed by atoms with Crippen LogP contribution >= 0.6 is 0 Å². The van der Waals surface area contributed by atoms with Crippen LogP contribution < -0.4 is 4.74 Å². The summed E-state index contributed by atoms with van der Waals surface area (Å²) in [5.74, 6) is -2.18. The van der Waals surface area contributed by atoms with Crippen molar-refractivity contribution in [1.82, 2.24) is 10.0 Å². The Bertz CT molecular complexity index is 1820. The van der Waals surface area contributed by atoms with Crippen LogP contribution in [0.5, 0.6) is 5.75 Å². The highest BCUT2D eigenvalue weighted by atomic mass is 16.5. The van der Waals surface area contributed by atoms with Crippen LogP contribution in [0.1, 0.15) is 41.4 Å². The van der Waals surface area contributed by atoms with Gasteiger partial charge in [-0.1, -0.05) is 54.6 Å². The van der Waals surface area contributed by atoms with E-state index in [0.29, 0.717) is 26.5 Å². The number of hydrogen-bond donors (Lipinski definition) is 0. The zero-order valence-electron chi connectivity index (χ0n) is 20.1. The van der Waals surface area contributed by atoms with Crippen molar-refractivity contribution in [2.24, 2.45) is 0 Å². The number of amides is 4. The number of methoxy groups -OCH3 is 1. The number of carbonyl (C=O) groups is 4. The van der Waals surface area contributed by atoms with Gasteiger partial charge in [-0.2, -0.15) is 10.0 Å². The summed E-state index contributed by atoms with van der Waals surface area (Å²) in [7, 11) is 1.59. The van der Waals surface area contributed by atoms with Crippen molar-refractivity contribution in [2.75, 3.05) is 7.11 Å². The van der Waals surface area contributed by atoms with Crippen molar-refractivity contribution in [3.63, 3.8) is 0 Å². The van der Waals surface area contributed by atoms with E-state index >= 15 is 0 Å². The van der Waals surface area contributed by atoms with Gasteiger partial charge in [-0.3, -0.25) is 19.2 Å². The van der Waals surface area contributed by atoms with Crippen LogP contribution in [0.4, 0.5) is 0 Å². The summed E-state index contributed by atoms with van der Waals surface area (Å²) in [6.45, 7) is 0. The molecule has 0 aromatic heterocycles. The van der Waals surface area contributed by atoms with E-state index in [2.05, 4.69) is 0 Å². The fourth-order valence-corrected chi connectivity index (χ4v) is 5.49. The summed E-state index contributed by atoms with van der Waals surface area (Å²) in [5.41, 5.74) is 2.74. The van der Waals surface area contributed by atoms with Gasteiger partial charge in [-0.15, -0.1) is 0 Å². The molecule has 0 aliphatic carbocycles. The van der Waals surface area contributed by atoms with Crippen LogP contribution in [0.3, 0.4) is 0 Å². The van der Waals surface area contributed by atoms with Gasteiger partial charge in [-0.25, -0.2) is 0 Å². The predicted octanol–water partition coefficient (Wildman–Crippen LogP) is 5.48. The first kappa shape index (κ1) is 21.9. The van der Waals surface area contributed by atoms with Gasteiger partial charge >= 0.3 is 0 Å². The molecule has 0 radical (unpaired) electrons. The highest BCUT2D eigenvalue weighted by Crippen LogP contribution is 2.39. The molecule has 7 nitrogen and oxygen atoms in total. The third-order valence-electron chi connectivity index (χ3n) is 7.24. The molecule has 0 N–H and O–H groups in total. The van der Waals surface area contributed by atoms with E-state index in [4.69, 9.17) is 4.74 Å². The van der Waals surface area contributed by atoms with Crippen molar-refractivity contribution >= 4 is 45.2 Å². The molecular weight excluding hydrogens is 480 g/mol. The van der Waals surface area contributed by atoms with Crippen LogP contribution in [0.25, 0.3) is 32.7 Å². The first-order valence-corrected chi connectivity index (χ1v) is 12.0. The second kappa shape index (κ2) is 7.85. The minimum Gasteiger partial charge on any atom is -0.497 e. The minimum absolute atomic E-state index is 0.241. The Hall–Kier alpha value is -5.30. The largest absolute Gasteiger partial charge is 0.497 e. The molecular formula is C31H18N2O5. The van der Waals surface area contributed by atoms with Crippen molar-refractivity contribution < 1.29 is 23.9 Å². The first-order valence-electron chi connectivity index (χ1n) is 12.0. The van der Waals surface area contributed by atoms with Gasteiger partial charge in [0.1, 0.15) is 5.75 Å². The Morgan fingerprint density at radius 2 is 0.974 bits per heavy atom. The molecule has 0 bridgehead atoms. The Kier molecular flexibility index (Phi) is 4.53. The topological polar surface area (TPSA) is 84.0 Å². The maximum absolute atomic E-state index is 13.8. The molecule has 0 saturated heterocycles. The number of imide groups is 2. The number of ether oxygens (including phenoxy) is 1. The molecule has 7 rings (SSSR count). The third-order valence-corrected chi connectivity index (χ3v) is 7.24. The van der Waals surface area contributed by atoms with Crippen LogP contribution in [-0.4, -0.2) is 40.8 Å². The van der Waals surface area contributed by atoms with E-state index < -0.39 is 23.6 Å². The lowest BCUT2D eigenvalue weighted by Gasteiger charge is -2.37. The lowest BCUT2D eigenvalue weighted by Crippen LogP contribution is -2.58. The molecule has 38 heavy (non-hydrogen) atoms. The van der Waals surface area contributed by atoms with Crippen LogP contribution in [0, 0.1) is 0 Å². The summed E-state index contributed by atoms with van der Waals surface area (Å²) in [6.07, 6.45) is 0. The van der Waals surface area contributed by atoms with Gasteiger partial charge in [0.2, 0.25) is 0 Å². The molecule has 2 heterocycles. The minimum atomic E-state index is -0.728. The normalized spacial score (nSPS) is 14.6. The van der Waals surface area contributed by atoms with Gasteiger partial charge in [-0.05, 0) is 58.3 Å². The standard InChI is InChI=1S/C31H18N2O5/c1-38-19-13-11-17(12-14-19)20-15-16-25-27-21(20)7-4-10-24(27)30(36)33(31(25)37)32-28(34)22-8-2-5-18-6-3-9-23(26(18)22)29(32)35/h2-16H,1H3. The number of nitrogens with zero attached hydrogens (tertiary/aromatic N) is 2. The SMILES string of the molecule is COc1ccc(-c2ccc3c4c(cccc24)C(=O)N(N2C(=O)c4cccc5cccc(c45)C2=O)C3=O)cc1. The fraction of sp³-hybridized carbons (Fsp3) is 0.0323. The molecule has 2 aliphatic heterocycles. The Morgan fingerprint density at radius 3 is 1.53 bits per heavy atom. The molecule has 0 fully saturated rings. The second-order valence-electron chi connectivity index (χ2n) is 9.17. The highest BCUT2D eigenvalue weighted by molar-refractivity contribution is 6.31. The summed E-state index contributed by atoms with van der Waals surface area (Å²) in [6, 6.07) is 26.4. The molecule has 4 amide bonds. The Labute approximate surface area is 216 Å². The van der Waals surface area contributed by atoms with Crippen molar-refractivity contribution in [3.05, 3.63) is 113 Å². The number of benzene rings is 5. The lowest BCUT2D eigenvalue weighted by atomic mass is 9.89. The van der Waals surface area contributed by atoms with Crippen LogP contribution in [0.15, 0.2) is 91.0 Å². The monoisotopic (exact) mass is 498 g/mol. The number of hydrazine groups is 1. The summed E-state index contributed by atoms with van der Waals surface area (Å²) < 4.78 is 5.26. The van der Waals surface area contributed by atoms with E-state index in [1.807, 2.05) is 48.5 Å². The Morgan fingerprint density at radius 1 is 0.500 bits per heavy atom. The van der Waals surface area contributed by atoms with Gasteiger partial charge in [0.05, 0.1) is 29.4 Å². The summed E-state index contributed by atoms with van der Waals surface area (Å²) >= 11 is 0. The van der Waals surface area contributed by atoms with Crippen LogP contribution in [0.2, 0.25) is 0 Å². The van der Waals surface area contributed by atoms with E-state index in [0.717, 1.165) is 21.9 Å². The van der Waals surface area contributed by atoms with Crippen molar-refractivity contribution in [1.29, 1.82) is 0 Å². The molecule has 0 unspecified atom stereocenters. The quantitative estimate of drug-likeness (QED) is 0.308. The zero-order valence-corrected chi connectivity index (χ0v) is 20.1. The first-order chi connectivity index (χ1) is 18.5. The van der Waals surface area contributed by atoms with Gasteiger partial charge in [0.25, 0.3) is 23.6 Å². The molecule has 5 aromatic carbocycles. The molecule has 0 spiro atoms. The molecule has 0 saturated carbocycles. The number of carbonyl (C=O) groups excluding carboxylic acids is 4. The predicted molar refractivity (Wildman–Crippen MR) is 141 cm³/mol. The molecule has 182 valence electrons. The average Bonchev–Trinajstić information content (AvgIpc) is 2.96. The van der Waals surface area contributed by atoms with E-state index in [-0.39, 0.29) is 22.3 Å². The van der Waals surface area contributed by atoms with Crippen molar-refractivity contribution in [3.8, 4) is 16.9 Å². The zero-order chi connectivity index (χ0) is 26.1. The fourth-order valence-electron chi connectivity index (χ4n) is 5.49. The molecule has 5 aromatic rings. The number of hydrogen-bond acceptors (Lipinski definition) is 5. The smallest absolute Gasteiger partial charge is 0.281 e. The second-order valence-corrected chi connectivity index (χ2v) is 9.17. The highest BCUT2D eigenvalue weighted by Gasteiger charge is 2.45. The molecule has 0 atom stereocenters. The summed E-state index contributed by atoms with van der Waals surface area (Å²) in [5, 5.41) is 3.83. The molecule has 2 aliphatic rings. The van der Waals surface area contributed by atoms with E-state index in [1.54, 1.807) is 49.6 Å². The lowest BCUT2D eigenvalue weighted by molar-refractivity contribution is 0.00212. The Balaban J connectivity index is 1.38. The maximum Gasteiger partial charge on any atom is 0.281 e. The van der Waals surface area contributed by atoms with E-state index in [1.165, 1.54) is 0 Å². The molecule has 7 heteroatoms. The van der Waals surface area contributed by atoms with Gasteiger partial charge < -0.3 is 4.74 Å². The van der Waals surface area contributed by atoms with Gasteiger partial charge in [0.15, 0.2) is 0 Å². The van der Waals surface area contributed by atoms with Gasteiger partial charge in [0, 0.05) is 10.8 Å². The van der Waals surface area contributed by atoms with Crippen LogP contribution in [-0.2, 0) is 0 Å². The summed E-state index contributed by atoms with van der Waals surface area (Å²) in [4.78, 5) is 54.9. The van der Waals surface area contributed by atoms with E-state index in [9.17, 15) is 19.2 Å².